The maximum Gasteiger partial charge on any atom is 0.416 e. The fourth-order valence-electron chi connectivity index (χ4n) is 1.72. The minimum absolute atomic E-state index is 0.0489. The van der Waals surface area contributed by atoms with Gasteiger partial charge in [0.15, 0.2) is 0 Å². The summed E-state index contributed by atoms with van der Waals surface area (Å²) in [5.74, 6) is 0. The van der Waals surface area contributed by atoms with E-state index < -0.39 is 29.5 Å². The molecule has 4 nitrogen and oxygen atoms in total. The molecule has 0 unspecified atom stereocenters. The van der Waals surface area contributed by atoms with Crippen molar-refractivity contribution in [3.8, 4) is 0 Å². The molecule has 0 spiro atoms. The zero-order chi connectivity index (χ0) is 17.0. The van der Waals surface area contributed by atoms with Crippen molar-refractivity contribution in [1.29, 1.82) is 0 Å². The summed E-state index contributed by atoms with van der Waals surface area (Å²) >= 11 is 0. The van der Waals surface area contributed by atoms with Crippen LogP contribution in [0.5, 0.6) is 0 Å². The Balaban J connectivity index is 2.75. The number of ether oxygens (including phenoxy) is 1. The summed E-state index contributed by atoms with van der Waals surface area (Å²) in [4.78, 5) is 22.6. The molecular weight excluding hydrogens is 299 g/mol. The Morgan fingerprint density at radius 2 is 1.95 bits per heavy atom. The molecule has 0 aliphatic carbocycles. The van der Waals surface area contributed by atoms with Crippen LogP contribution in [0.4, 0.5) is 18.0 Å². The third-order valence-electron chi connectivity index (χ3n) is 2.58. The van der Waals surface area contributed by atoms with E-state index in [2.05, 4.69) is 5.32 Å². The Morgan fingerprint density at radius 1 is 1.32 bits per heavy atom. The number of alkyl carbamates (subject to hydrolysis) is 1. The standard InChI is InChI=1S/C15H18F3NO3/c1-14(2,3)22-13(21)19-12(9-20)8-10-5-4-6-11(7-10)15(16,17)18/h4-7,9,12H,8H2,1-3H3,(H,19,21)/t12-/m0/s1. The van der Waals surface area contributed by atoms with Crippen LogP contribution in [0.1, 0.15) is 31.9 Å². The normalized spacial score (nSPS) is 13.4. The number of alkyl halides is 3. The lowest BCUT2D eigenvalue weighted by Crippen LogP contribution is -2.41. The first kappa shape index (κ1) is 18.0. The molecule has 0 aliphatic rings. The number of hydrogen-bond donors (Lipinski definition) is 1. The Bertz CT molecular complexity index is 536. The molecule has 0 aromatic heterocycles. The summed E-state index contributed by atoms with van der Waals surface area (Å²) in [5, 5.41) is 2.32. The van der Waals surface area contributed by atoms with Crippen molar-refractivity contribution < 1.29 is 27.5 Å². The van der Waals surface area contributed by atoms with Gasteiger partial charge < -0.3 is 14.8 Å². The van der Waals surface area contributed by atoms with Crippen LogP contribution in [0, 0.1) is 0 Å². The second kappa shape index (κ2) is 6.81. The Hall–Kier alpha value is -2.05. The van der Waals surface area contributed by atoms with Crippen molar-refractivity contribution in [2.24, 2.45) is 0 Å². The molecule has 0 heterocycles. The number of carbonyl (C=O) groups is 2. The number of amides is 1. The van der Waals surface area contributed by atoms with Gasteiger partial charge in [0.25, 0.3) is 0 Å². The van der Waals surface area contributed by atoms with Crippen LogP contribution in [0.15, 0.2) is 24.3 Å². The number of carbonyl (C=O) groups excluding carboxylic acids is 2. The molecule has 0 fully saturated rings. The molecule has 22 heavy (non-hydrogen) atoms. The molecule has 1 atom stereocenters. The second-order valence-corrected chi connectivity index (χ2v) is 5.79. The van der Waals surface area contributed by atoms with Gasteiger partial charge in [-0.15, -0.1) is 0 Å². The van der Waals surface area contributed by atoms with Gasteiger partial charge in [0.1, 0.15) is 11.9 Å². The van der Waals surface area contributed by atoms with Gasteiger partial charge >= 0.3 is 12.3 Å². The molecule has 0 bridgehead atoms. The van der Waals surface area contributed by atoms with Gasteiger partial charge in [-0.1, -0.05) is 18.2 Å². The average molecular weight is 317 g/mol. The molecule has 122 valence electrons. The van der Waals surface area contributed by atoms with Crippen molar-refractivity contribution in [2.45, 2.75) is 45.0 Å². The lowest BCUT2D eigenvalue weighted by Gasteiger charge is -2.21. The van der Waals surface area contributed by atoms with Crippen LogP contribution in [0.25, 0.3) is 0 Å². The zero-order valence-corrected chi connectivity index (χ0v) is 12.5. The first-order chi connectivity index (χ1) is 10.0. The summed E-state index contributed by atoms with van der Waals surface area (Å²) in [7, 11) is 0. The molecular formula is C15H18F3NO3. The van der Waals surface area contributed by atoms with Crippen LogP contribution in [0.2, 0.25) is 0 Å². The van der Waals surface area contributed by atoms with Gasteiger partial charge in [0.05, 0.1) is 11.6 Å². The maximum atomic E-state index is 12.6. The predicted molar refractivity (Wildman–Crippen MR) is 74.4 cm³/mol. The van der Waals surface area contributed by atoms with Crippen LogP contribution in [-0.4, -0.2) is 24.0 Å². The first-order valence-corrected chi connectivity index (χ1v) is 6.62. The van der Waals surface area contributed by atoms with Crippen LogP contribution in [0.3, 0.4) is 0 Å². The largest absolute Gasteiger partial charge is 0.444 e. The highest BCUT2D eigenvalue weighted by Gasteiger charge is 2.30. The van der Waals surface area contributed by atoms with E-state index in [1.54, 1.807) is 20.8 Å². The minimum Gasteiger partial charge on any atom is -0.444 e. The van der Waals surface area contributed by atoms with Crippen molar-refractivity contribution >= 4 is 12.4 Å². The van der Waals surface area contributed by atoms with E-state index in [4.69, 9.17) is 4.74 Å². The van der Waals surface area contributed by atoms with E-state index in [0.717, 1.165) is 12.1 Å². The molecule has 7 heteroatoms. The fourth-order valence-corrected chi connectivity index (χ4v) is 1.72. The Morgan fingerprint density at radius 3 is 2.45 bits per heavy atom. The van der Waals surface area contributed by atoms with E-state index in [1.807, 2.05) is 0 Å². The van der Waals surface area contributed by atoms with Gasteiger partial charge in [-0.25, -0.2) is 4.79 Å². The Kier molecular flexibility index (Phi) is 5.57. The zero-order valence-electron chi connectivity index (χ0n) is 12.5. The highest BCUT2D eigenvalue weighted by molar-refractivity contribution is 5.73. The average Bonchev–Trinajstić information content (AvgIpc) is 2.35. The molecule has 1 aromatic rings. The summed E-state index contributed by atoms with van der Waals surface area (Å²) in [6.07, 6.45) is -4.83. The highest BCUT2D eigenvalue weighted by atomic mass is 19.4. The van der Waals surface area contributed by atoms with Gasteiger partial charge in [0, 0.05) is 0 Å². The van der Waals surface area contributed by atoms with Gasteiger partial charge in [-0.3, -0.25) is 0 Å². The lowest BCUT2D eigenvalue weighted by atomic mass is 10.0. The monoisotopic (exact) mass is 317 g/mol. The number of halogens is 3. The fraction of sp³-hybridized carbons (Fsp3) is 0.467. The lowest BCUT2D eigenvalue weighted by molar-refractivity contribution is -0.137. The predicted octanol–water partition coefficient (Wildman–Crippen LogP) is 3.34. The van der Waals surface area contributed by atoms with Crippen molar-refractivity contribution in [3.63, 3.8) is 0 Å². The minimum atomic E-state index is -4.45. The SMILES string of the molecule is CC(C)(C)OC(=O)N[C@H](C=O)Cc1cccc(C(F)(F)F)c1. The highest BCUT2D eigenvalue weighted by Crippen LogP contribution is 2.29. The van der Waals surface area contributed by atoms with Crippen LogP contribution in [-0.2, 0) is 22.1 Å². The number of rotatable bonds is 4. The van der Waals surface area contributed by atoms with Crippen LogP contribution < -0.4 is 5.32 Å². The van der Waals surface area contributed by atoms with Crippen molar-refractivity contribution in [3.05, 3.63) is 35.4 Å². The number of benzene rings is 1. The molecule has 0 saturated carbocycles. The molecule has 0 saturated heterocycles. The van der Waals surface area contributed by atoms with Gasteiger partial charge in [-0.2, -0.15) is 13.2 Å². The molecule has 0 aliphatic heterocycles. The van der Waals surface area contributed by atoms with E-state index in [9.17, 15) is 22.8 Å². The smallest absolute Gasteiger partial charge is 0.416 e. The van der Waals surface area contributed by atoms with Crippen molar-refractivity contribution in [1.82, 2.24) is 5.32 Å². The molecule has 1 N–H and O–H groups in total. The maximum absolute atomic E-state index is 12.6. The third kappa shape index (κ3) is 6.15. The third-order valence-corrected chi connectivity index (χ3v) is 2.58. The molecule has 1 aromatic carbocycles. The first-order valence-electron chi connectivity index (χ1n) is 6.62. The summed E-state index contributed by atoms with van der Waals surface area (Å²) < 4.78 is 42.9. The number of aldehydes is 1. The summed E-state index contributed by atoms with van der Waals surface area (Å²) in [5.41, 5.74) is -1.23. The summed E-state index contributed by atoms with van der Waals surface area (Å²) in [6.45, 7) is 4.99. The molecule has 0 radical (unpaired) electrons. The quantitative estimate of drug-likeness (QED) is 0.867. The second-order valence-electron chi connectivity index (χ2n) is 5.79. The molecule has 1 amide bonds. The van der Waals surface area contributed by atoms with Crippen LogP contribution >= 0.6 is 0 Å². The number of nitrogens with one attached hydrogen (secondary N) is 1. The number of hydrogen-bond acceptors (Lipinski definition) is 3. The molecule has 1 rings (SSSR count). The van der Waals surface area contributed by atoms with Gasteiger partial charge in [-0.05, 0) is 38.8 Å². The van der Waals surface area contributed by atoms with E-state index >= 15 is 0 Å². The Labute approximate surface area is 126 Å². The topological polar surface area (TPSA) is 55.4 Å². The van der Waals surface area contributed by atoms with Gasteiger partial charge in [0.2, 0.25) is 0 Å². The van der Waals surface area contributed by atoms with E-state index in [0.29, 0.717) is 11.8 Å². The summed E-state index contributed by atoms with van der Waals surface area (Å²) in [6, 6.07) is 3.66. The van der Waals surface area contributed by atoms with Crippen molar-refractivity contribution in [2.75, 3.05) is 0 Å². The van der Waals surface area contributed by atoms with E-state index in [1.165, 1.54) is 12.1 Å². The van der Waals surface area contributed by atoms with E-state index in [-0.39, 0.29) is 6.42 Å².